The molecule has 2 aromatic rings. The number of anilines is 1. The molecule has 72 valence electrons. The summed E-state index contributed by atoms with van der Waals surface area (Å²) in [6, 6.07) is 0. The number of nitrogen functional groups attached to an aromatic ring is 1. The Balaban J connectivity index is 2.73. The Morgan fingerprint density at radius 1 is 1.50 bits per heavy atom. The number of rotatable bonds is 2. The lowest BCUT2D eigenvalue weighted by Gasteiger charge is -2.00. The number of primary amides is 1. The molecule has 0 fully saturated rings. The fraction of sp³-hybridized carbons (Fsp3) is 0. The number of amides is 1. The van der Waals surface area contributed by atoms with Gasteiger partial charge in [-0.3, -0.25) is 4.79 Å². The number of hydrogen-bond acceptors (Lipinski definition) is 6. The maximum Gasteiger partial charge on any atom is 0.286 e. The standard InChI is InChI=1S/C6H7N7O/c7-3(14)6-11-4-2(9-1-10-4)5(12-6)13-8/h1H,8H2,(H2,7,14)(H2,9,10,11,12,13). The zero-order valence-electron chi connectivity index (χ0n) is 6.98. The van der Waals surface area contributed by atoms with Crippen molar-refractivity contribution < 1.29 is 4.79 Å². The monoisotopic (exact) mass is 193 g/mol. The number of hydrogen-bond donors (Lipinski definition) is 4. The second kappa shape index (κ2) is 2.92. The number of nitrogens with two attached hydrogens (primary N) is 2. The first kappa shape index (κ1) is 8.38. The second-order valence-electron chi connectivity index (χ2n) is 2.51. The summed E-state index contributed by atoms with van der Waals surface area (Å²) in [6.07, 6.45) is 1.42. The molecule has 8 nitrogen and oxygen atoms in total. The molecular weight excluding hydrogens is 186 g/mol. The zero-order valence-corrected chi connectivity index (χ0v) is 6.98. The number of carbonyl (C=O) groups excluding carboxylic acids is 1. The smallest absolute Gasteiger partial charge is 0.286 e. The highest BCUT2D eigenvalue weighted by molar-refractivity contribution is 5.93. The topological polar surface area (TPSA) is 136 Å². The van der Waals surface area contributed by atoms with Gasteiger partial charge < -0.3 is 16.1 Å². The molecule has 2 rings (SSSR count). The quantitative estimate of drug-likeness (QED) is 0.347. The van der Waals surface area contributed by atoms with E-state index in [9.17, 15) is 4.79 Å². The van der Waals surface area contributed by atoms with E-state index in [-0.39, 0.29) is 11.6 Å². The zero-order chi connectivity index (χ0) is 10.1. The highest BCUT2D eigenvalue weighted by atomic mass is 16.1. The van der Waals surface area contributed by atoms with Gasteiger partial charge in [0.1, 0.15) is 5.52 Å². The Morgan fingerprint density at radius 3 is 2.93 bits per heavy atom. The summed E-state index contributed by atoms with van der Waals surface area (Å²) in [5, 5.41) is 0. The molecule has 6 N–H and O–H groups in total. The Morgan fingerprint density at radius 2 is 2.29 bits per heavy atom. The Kier molecular flexibility index (Phi) is 1.75. The first-order valence-corrected chi connectivity index (χ1v) is 3.70. The first-order valence-electron chi connectivity index (χ1n) is 3.70. The summed E-state index contributed by atoms with van der Waals surface area (Å²) in [6.45, 7) is 0. The van der Waals surface area contributed by atoms with E-state index in [4.69, 9.17) is 11.6 Å². The summed E-state index contributed by atoms with van der Waals surface area (Å²) >= 11 is 0. The number of imidazole rings is 1. The summed E-state index contributed by atoms with van der Waals surface area (Å²) < 4.78 is 0. The van der Waals surface area contributed by atoms with E-state index < -0.39 is 5.91 Å². The third-order valence-corrected chi connectivity index (χ3v) is 1.64. The third-order valence-electron chi connectivity index (χ3n) is 1.64. The van der Waals surface area contributed by atoms with E-state index in [1.54, 1.807) is 0 Å². The summed E-state index contributed by atoms with van der Waals surface area (Å²) in [7, 11) is 0. The molecule has 8 heteroatoms. The molecule has 0 saturated carbocycles. The molecule has 0 aliphatic rings. The number of carbonyl (C=O) groups is 1. The fourth-order valence-electron chi connectivity index (χ4n) is 1.05. The molecular formula is C6H7N7O. The van der Waals surface area contributed by atoms with Crippen LogP contribution in [0.4, 0.5) is 5.82 Å². The lowest BCUT2D eigenvalue weighted by molar-refractivity contribution is 0.0991. The summed E-state index contributed by atoms with van der Waals surface area (Å²) in [5.41, 5.74) is 8.21. The average Bonchev–Trinajstić information content (AvgIpc) is 2.63. The van der Waals surface area contributed by atoms with Gasteiger partial charge in [-0.2, -0.15) is 0 Å². The maximum absolute atomic E-state index is 10.8. The molecule has 0 unspecified atom stereocenters. The molecule has 0 aliphatic carbocycles. The van der Waals surface area contributed by atoms with Crippen molar-refractivity contribution in [2.75, 3.05) is 5.43 Å². The van der Waals surface area contributed by atoms with Crippen LogP contribution in [0, 0.1) is 0 Å². The Labute approximate surface area is 77.7 Å². The average molecular weight is 193 g/mol. The van der Waals surface area contributed by atoms with Gasteiger partial charge >= 0.3 is 0 Å². The van der Waals surface area contributed by atoms with Crippen LogP contribution in [-0.4, -0.2) is 25.8 Å². The van der Waals surface area contributed by atoms with Crippen molar-refractivity contribution in [3.05, 3.63) is 12.2 Å². The Bertz CT molecular complexity index is 490. The molecule has 0 saturated heterocycles. The van der Waals surface area contributed by atoms with E-state index in [2.05, 4.69) is 25.4 Å². The van der Waals surface area contributed by atoms with Gasteiger partial charge in [-0.15, -0.1) is 0 Å². The van der Waals surface area contributed by atoms with Crippen LogP contribution < -0.4 is 17.0 Å². The van der Waals surface area contributed by atoms with Crippen LogP contribution in [0.5, 0.6) is 0 Å². The fourth-order valence-corrected chi connectivity index (χ4v) is 1.05. The molecule has 0 spiro atoms. The van der Waals surface area contributed by atoms with E-state index in [1.165, 1.54) is 6.33 Å². The van der Waals surface area contributed by atoms with Gasteiger partial charge in [-0.1, -0.05) is 0 Å². The van der Waals surface area contributed by atoms with Crippen LogP contribution in [0.25, 0.3) is 11.2 Å². The van der Waals surface area contributed by atoms with Gasteiger partial charge in [-0.25, -0.2) is 20.8 Å². The van der Waals surface area contributed by atoms with Crippen LogP contribution in [-0.2, 0) is 0 Å². The minimum absolute atomic E-state index is 0.127. The van der Waals surface area contributed by atoms with Crippen LogP contribution in [0.2, 0.25) is 0 Å². The van der Waals surface area contributed by atoms with Gasteiger partial charge in [0.15, 0.2) is 11.5 Å². The van der Waals surface area contributed by atoms with Crippen LogP contribution in [0.15, 0.2) is 6.33 Å². The molecule has 0 atom stereocenters. The molecule has 14 heavy (non-hydrogen) atoms. The number of hydrazine groups is 1. The largest absolute Gasteiger partial charge is 0.363 e. The van der Waals surface area contributed by atoms with Crippen molar-refractivity contribution in [3.8, 4) is 0 Å². The number of nitrogens with one attached hydrogen (secondary N) is 2. The lowest BCUT2D eigenvalue weighted by Crippen LogP contribution is -2.18. The highest BCUT2D eigenvalue weighted by Crippen LogP contribution is 2.14. The predicted molar refractivity (Wildman–Crippen MR) is 48.0 cm³/mol. The van der Waals surface area contributed by atoms with Crippen molar-refractivity contribution in [1.29, 1.82) is 0 Å². The summed E-state index contributed by atoms with van der Waals surface area (Å²) in [5.74, 6) is 4.63. The van der Waals surface area contributed by atoms with Gasteiger partial charge in [0.2, 0.25) is 5.82 Å². The van der Waals surface area contributed by atoms with Crippen LogP contribution >= 0.6 is 0 Å². The van der Waals surface area contributed by atoms with E-state index in [1.807, 2.05) is 0 Å². The molecule has 0 aromatic carbocycles. The van der Waals surface area contributed by atoms with Gasteiger partial charge in [0.25, 0.3) is 5.91 Å². The second-order valence-corrected chi connectivity index (χ2v) is 2.51. The minimum Gasteiger partial charge on any atom is -0.363 e. The molecule has 2 aromatic heterocycles. The molecule has 0 bridgehead atoms. The lowest BCUT2D eigenvalue weighted by atomic mass is 10.4. The maximum atomic E-state index is 10.8. The number of fused-ring (bicyclic) bond motifs is 1. The van der Waals surface area contributed by atoms with Crippen molar-refractivity contribution in [1.82, 2.24) is 19.9 Å². The van der Waals surface area contributed by atoms with E-state index in [0.717, 1.165) is 0 Å². The van der Waals surface area contributed by atoms with E-state index in [0.29, 0.717) is 11.2 Å². The summed E-state index contributed by atoms with van der Waals surface area (Å²) in [4.78, 5) is 25.1. The number of aromatic amines is 1. The predicted octanol–water partition coefficient (Wildman–Crippen LogP) is -1.26. The molecule has 0 aliphatic heterocycles. The van der Waals surface area contributed by atoms with Crippen LogP contribution in [0.1, 0.15) is 10.6 Å². The highest BCUT2D eigenvalue weighted by Gasteiger charge is 2.11. The van der Waals surface area contributed by atoms with Crippen molar-refractivity contribution >= 4 is 22.9 Å². The van der Waals surface area contributed by atoms with E-state index >= 15 is 0 Å². The SMILES string of the molecule is NNc1nc(C(N)=O)nc2nc[nH]c12. The molecule has 2 heterocycles. The third kappa shape index (κ3) is 1.13. The molecule has 1 amide bonds. The molecule has 0 radical (unpaired) electrons. The number of H-pyrrole nitrogens is 1. The van der Waals surface area contributed by atoms with Gasteiger partial charge in [0, 0.05) is 0 Å². The number of nitrogens with zero attached hydrogens (tertiary/aromatic N) is 3. The van der Waals surface area contributed by atoms with Crippen molar-refractivity contribution in [3.63, 3.8) is 0 Å². The number of aromatic nitrogens is 4. The van der Waals surface area contributed by atoms with Crippen molar-refractivity contribution in [2.45, 2.75) is 0 Å². The Hall–Kier alpha value is -2.22. The van der Waals surface area contributed by atoms with Gasteiger partial charge in [0.05, 0.1) is 6.33 Å². The first-order chi connectivity index (χ1) is 6.72. The van der Waals surface area contributed by atoms with Gasteiger partial charge in [-0.05, 0) is 0 Å². The van der Waals surface area contributed by atoms with Crippen LogP contribution in [0.3, 0.4) is 0 Å². The minimum atomic E-state index is -0.730. The normalized spacial score (nSPS) is 10.4. The van der Waals surface area contributed by atoms with Crippen molar-refractivity contribution in [2.24, 2.45) is 11.6 Å².